The lowest BCUT2D eigenvalue weighted by Gasteiger charge is -2.15. The fourth-order valence-corrected chi connectivity index (χ4v) is 2.99. The van der Waals surface area contributed by atoms with E-state index in [0.29, 0.717) is 9.79 Å². The number of H-pyrrole nitrogens is 1. The van der Waals surface area contributed by atoms with Crippen LogP contribution in [0.5, 0.6) is 5.75 Å². The van der Waals surface area contributed by atoms with E-state index in [2.05, 4.69) is 15.3 Å². The van der Waals surface area contributed by atoms with Crippen LogP contribution in [-0.2, 0) is 6.42 Å². The number of hydrogen-bond donors (Lipinski definition) is 2. The second kappa shape index (κ2) is 6.03. The number of nitrogens with one attached hydrogen (secondary N) is 2. The molecule has 1 aliphatic heterocycles. The third kappa shape index (κ3) is 2.89. The molecular formula is C15H16ClN3OS. The molecule has 2 heterocycles. The molecular weight excluding hydrogens is 306 g/mol. The molecule has 0 amide bonds. The van der Waals surface area contributed by atoms with Gasteiger partial charge in [0.05, 0.1) is 12.8 Å². The summed E-state index contributed by atoms with van der Waals surface area (Å²) in [7, 11) is 1.65. The number of nitrogens with zero attached hydrogens (tertiary/aromatic N) is 1. The lowest BCUT2D eigenvalue weighted by atomic mass is 10.0. The summed E-state index contributed by atoms with van der Waals surface area (Å²) in [6, 6.07) is 5.58. The Morgan fingerprint density at radius 3 is 3.00 bits per heavy atom. The summed E-state index contributed by atoms with van der Waals surface area (Å²) in [6.07, 6.45) is 3.18. The minimum atomic E-state index is 0.458. The van der Waals surface area contributed by atoms with E-state index in [1.807, 2.05) is 18.2 Å². The summed E-state index contributed by atoms with van der Waals surface area (Å²) in [5.41, 5.74) is 3.00. The molecule has 4 nitrogen and oxygen atoms in total. The Morgan fingerprint density at radius 1 is 1.33 bits per heavy atom. The molecule has 0 fully saturated rings. The molecule has 21 heavy (non-hydrogen) atoms. The monoisotopic (exact) mass is 321 g/mol. The third-order valence-electron chi connectivity index (χ3n) is 3.61. The van der Waals surface area contributed by atoms with Crippen molar-refractivity contribution in [3.05, 3.63) is 33.6 Å². The lowest BCUT2D eigenvalue weighted by molar-refractivity contribution is 0.416. The van der Waals surface area contributed by atoms with Crippen molar-refractivity contribution in [1.82, 2.24) is 9.97 Å². The van der Waals surface area contributed by atoms with Gasteiger partial charge in [-0.05, 0) is 49.7 Å². The van der Waals surface area contributed by atoms with Gasteiger partial charge in [-0.15, -0.1) is 0 Å². The Labute approximate surface area is 133 Å². The Hall–Kier alpha value is -1.59. The average Bonchev–Trinajstić information content (AvgIpc) is 2.71. The van der Waals surface area contributed by atoms with Crippen LogP contribution in [0.15, 0.2) is 18.2 Å². The first-order valence-electron chi connectivity index (χ1n) is 6.90. The van der Waals surface area contributed by atoms with Crippen LogP contribution in [0.25, 0.3) is 11.3 Å². The summed E-state index contributed by atoms with van der Waals surface area (Å²) < 4.78 is 5.92. The van der Waals surface area contributed by atoms with E-state index < -0.39 is 0 Å². The Bertz CT molecular complexity index is 729. The number of aromatic amines is 1. The molecule has 0 saturated heterocycles. The highest BCUT2D eigenvalue weighted by atomic mass is 35.5. The summed E-state index contributed by atoms with van der Waals surface area (Å²) >= 11 is 11.4. The van der Waals surface area contributed by atoms with Crippen molar-refractivity contribution in [2.45, 2.75) is 19.3 Å². The number of methoxy groups -OCH3 is 1. The number of fused-ring (bicyclic) bond motifs is 1. The normalized spacial score (nSPS) is 14.0. The van der Waals surface area contributed by atoms with E-state index in [1.54, 1.807) is 7.11 Å². The van der Waals surface area contributed by atoms with Crippen molar-refractivity contribution >= 4 is 29.6 Å². The number of halogens is 1. The van der Waals surface area contributed by atoms with Crippen molar-refractivity contribution in [3.8, 4) is 17.0 Å². The molecule has 0 bridgehead atoms. The number of aromatic nitrogens is 2. The first-order chi connectivity index (χ1) is 10.2. The molecule has 1 aromatic carbocycles. The van der Waals surface area contributed by atoms with E-state index in [-0.39, 0.29) is 0 Å². The fraction of sp³-hybridized carbons (Fsp3) is 0.333. The van der Waals surface area contributed by atoms with Gasteiger partial charge in [-0.2, -0.15) is 0 Å². The number of benzene rings is 1. The molecule has 0 spiro atoms. The zero-order chi connectivity index (χ0) is 14.8. The van der Waals surface area contributed by atoms with E-state index in [9.17, 15) is 0 Å². The zero-order valence-corrected chi connectivity index (χ0v) is 13.3. The average molecular weight is 322 g/mol. The molecule has 0 unspecified atom stereocenters. The first kappa shape index (κ1) is 14.4. The zero-order valence-electron chi connectivity index (χ0n) is 11.7. The summed E-state index contributed by atoms with van der Waals surface area (Å²) in [5.74, 6) is 1.64. The van der Waals surface area contributed by atoms with Crippen molar-refractivity contribution in [2.24, 2.45) is 0 Å². The Kier molecular flexibility index (Phi) is 4.12. The maximum absolute atomic E-state index is 6.15. The Morgan fingerprint density at radius 2 is 2.19 bits per heavy atom. The van der Waals surface area contributed by atoms with Gasteiger partial charge in [-0.25, -0.2) is 4.98 Å². The third-order valence-corrected chi connectivity index (χ3v) is 4.04. The summed E-state index contributed by atoms with van der Waals surface area (Å²) in [4.78, 5) is 7.62. The van der Waals surface area contributed by atoms with Crippen LogP contribution in [0.2, 0.25) is 5.02 Å². The van der Waals surface area contributed by atoms with Gasteiger partial charge in [0.1, 0.15) is 11.6 Å². The number of rotatable bonds is 2. The summed E-state index contributed by atoms with van der Waals surface area (Å²) in [6.45, 7) is 0.922. The fourth-order valence-electron chi connectivity index (χ4n) is 2.63. The van der Waals surface area contributed by atoms with E-state index in [4.69, 9.17) is 28.6 Å². The van der Waals surface area contributed by atoms with Crippen molar-refractivity contribution < 1.29 is 4.74 Å². The van der Waals surface area contributed by atoms with E-state index in [0.717, 1.165) is 54.2 Å². The maximum atomic E-state index is 6.15. The van der Waals surface area contributed by atoms with Gasteiger partial charge in [0.15, 0.2) is 4.77 Å². The molecule has 1 aromatic heterocycles. The predicted octanol–water partition coefficient (Wildman–Crippen LogP) is 4.22. The second-order valence-corrected chi connectivity index (χ2v) is 5.80. The highest BCUT2D eigenvalue weighted by Crippen LogP contribution is 2.36. The van der Waals surface area contributed by atoms with Gasteiger partial charge >= 0.3 is 0 Å². The number of ether oxygens (including phenoxy) is 1. The van der Waals surface area contributed by atoms with E-state index in [1.165, 1.54) is 0 Å². The van der Waals surface area contributed by atoms with Crippen LogP contribution >= 0.6 is 23.8 Å². The highest BCUT2D eigenvalue weighted by Gasteiger charge is 2.18. The molecule has 0 saturated carbocycles. The number of hydrogen-bond acceptors (Lipinski definition) is 4. The van der Waals surface area contributed by atoms with E-state index >= 15 is 0 Å². The molecule has 3 rings (SSSR count). The predicted molar refractivity (Wildman–Crippen MR) is 87.8 cm³/mol. The van der Waals surface area contributed by atoms with Crippen LogP contribution in [0.1, 0.15) is 18.4 Å². The SMILES string of the molecule is COc1ccc(Cl)cc1-c1[nH]c(=S)nc2c1CCCCN2. The molecule has 2 N–H and O–H groups in total. The molecule has 6 heteroatoms. The van der Waals surface area contributed by atoms with Gasteiger partial charge in [0.2, 0.25) is 0 Å². The van der Waals surface area contributed by atoms with Crippen LogP contribution < -0.4 is 10.1 Å². The van der Waals surface area contributed by atoms with Crippen LogP contribution in [0.3, 0.4) is 0 Å². The molecule has 0 atom stereocenters. The molecule has 2 aromatic rings. The van der Waals surface area contributed by atoms with Gasteiger partial charge < -0.3 is 15.0 Å². The quantitative estimate of drug-likeness (QED) is 0.813. The second-order valence-electron chi connectivity index (χ2n) is 4.97. The summed E-state index contributed by atoms with van der Waals surface area (Å²) in [5, 5.41) is 4.02. The maximum Gasteiger partial charge on any atom is 0.199 e. The van der Waals surface area contributed by atoms with Crippen molar-refractivity contribution in [1.29, 1.82) is 0 Å². The minimum absolute atomic E-state index is 0.458. The van der Waals surface area contributed by atoms with Gasteiger partial charge in [-0.1, -0.05) is 11.6 Å². The van der Waals surface area contributed by atoms with Gasteiger partial charge in [-0.3, -0.25) is 0 Å². The van der Waals surface area contributed by atoms with Gasteiger partial charge in [0.25, 0.3) is 0 Å². The number of anilines is 1. The van der Waals surface area contributed by atoms with Crippen LogP contribution in [0.4, 0.5) is 5.82 Å². The molecule has 110 valence electrons. The standard InChI is InChI=1S/C15H16ClN3OS/c1-20-12-6-5-9(16)8-11(12)13-10-4-2-3-7-17-14(10)19-15(21)18-13/h5-6,8H,2-4,7H2,1H3,(H2,17,18,19,21). The van der Waals surface area contributed by atoms with Crippen molar-refractivity contribution in [3.63, 3.8) is 0 Å². The van der Waals surface area contributed by atoms with Crippen LogP contribution in [-0.4, -0.2) is 23.6 Å². The minimum Gasteiger partial charge on any atom is -0.496 e. The van der Waals surface area contributed by atoms with Crippen LogP contribution in [0, 0.1) is 4.77 Å². The Balaban J connectivity index is 2.25. The smallest absolute Gasteiger partial charge is 0.199 e. The lowest BCUT2D eigenvalue weighted by Crippen LogP contribution is -2.05. The largest absolute Gasteiger partial charge is 0.496 e. The first-order valence-corrected chi connectivity index (χ1v) is 7.68. The topological polar surface area (TPSA) is 49.9 Å². The van der Waals surface area contributed by atoms with Gasteiger partial charge in [0, 0.05) is 22.7 Å². The molecule has 0 aliphatic carbocycles. The molecule has 1 aliphatic rings. The molecule has 0 radical (unpaired) electrons. The highest BCUT2D eigenvalue weighted by molar-refractivity contribution is 7.71. The van der Waals surface area contributed by atoms with Crippen molar-refractivity contribution in [2.75, 3.05) is 19.0 Å².